The molecule has 2 fully saturated rings. The average Bonchev–Trinajstić information content (AvgIpc) is 3.15. The predicted octanol–water partition coefficient (Wildman–Crippen LogP) is 2.37. The highest BCUT2D eigenvalue weighted by Gasteiger charge is 2.30. The van der Waals surface area contributed by atoms with Gasteiger partial charge in [-0.1, -0.05) is 41.9 Å². The van der Waals surface area contributed by atoms with Crippen molar-refractivity contribution in [3.05, 3.63) is 36.2 Å². The lowest BCUT2D eigenvalue weighted by Crippen LogP contribution is -2.56. The van der Waals surface area contributed by atoms with Crippen molar-refractivity contribution in [2.45, 2.75) is 38.1 Å². The van der Waals surface area contributed by atoms with Crippen molar-refractivity contribution in [1.29, 1.82) is 0 Å². The van der Waals surface area contributed by atoms with Crippen LogP contribution in [0.15, 0.2) is 34.9 Å². The molecule has 0 bridgehead atoms. The minimum absolute atomic E-state index is 0.199. The standard InChI is InChI=1S/C19H24N4O2/c24-18(23-13-12-22-11-5-4-8-16(22)14-23)10-9-17-20-19(21-25-17)15-6-2-1-3-7-15/h1-3,6-7,16H,4-5,8-14H2/t16-/m1/s1. The molecule has 0 unspecified atom stereocenters. The minimum Gasteiger partial charge on any atom is -0.340 e. The summed E-state index contributed by atoms with van der Waals surface area (Å²) >= 11 is 0. The predicted molar refractivity (Wildman–Crippen MR) is 93.8 cm³/mol. The summed E-state index contributed by atoms with van der Waals surface area (Å²) in [4.78, 5) is 21.5. The molecule has 2 aliphatic rings. The maximum Gasteiger partial charge on any atom is 0.227 e. The normalized spacial score (nSPS) is 21.1. The van der Waals surface area contributed by atoms with E-state index in [-0.39, 0.29) is 5.91 Å². The van der Waals surface area contributed by atoms with Gasteiger partial charge in [0, 0.05) is 44.1 Å². The van der Waals surface area contributed by atoms with E-state index in [9.17, 15) is 4.79 Å². The fourth-order valence-electron chi connectivity index (χ4n) is 3.82. The third-order valence-electron chi connectivity index (χ3n) is 5.24. The van der Waals surface area contributed by atoms with Gasteiger partial charge >= 0.3 is 0 Å². The summed E-state index contributed by atoms with van der Waals surface area (Å²) in [5.74, 6) is 1.31. The van der Waals surface area contributed by atoms with E-state index in [0.717, 1.165) is 25.2 Å². The highest BCUT2D eigenvalue weighted by atomic mass is 16.5. The van der Waals surface area contributed by atoms with Crippen LogP contribution in [0.4, 0.5) is 0 Å². The first-order chi connectivity index (χ1) is 12.3. The smallest absolute Gasteiger partial charge is 0.227 e. The second kappa shape index (κ2) is 7.35. The monoisotopic (exact) mass is 340 g/mol. The second-order valence-electron chi connectivity index (χ2n) is 6.90. The van der Waals surface area contributed by atoms with Crippen molar-refractivity contribution in [3.8, 4) is 11.4 Å². The minimum atomic E-state index is 0.199. The van der Waals surface area contributed by atoms with E-state index in [1.807, 2.05) is 35.2 Å². The zero-order chi connectivity index (χ0) is 17.1. The lowest BCUT2D eigenvalue weighted by atomic mass is 9.99. The summed E-state index contributed by atoms with van der Waals surface area (Å²) in [7, 11) is 0. The third-order valence-corrected chi connectivity index (χ3v) is 5.24. The van der Waals surface area contributed by atoms with E-state index >= 15 is 0 Å². The molecule has 132 valence electrons. The molecule has 2 aromatic rings. The number of rotatable bonds is 4. The Morgan fingerprint density at radius 2 is 2.04 bits per heavy atom. The molecule has 2 saturated heterocycles. The number of aromatic nitrogens is 2. The van der Waals surface area contributed by atoms with E-state index in [1.54, 1.807) is 0 Å². The van der Waals surface area contributed by atoms with Crippen LogP contribution in [0.5, 0.6) is 0 Å². The SMILES string of the molecule is O=C(CCc1nc(-c2ccccc2)no1)N1CCN2CCCC[C@@H]2C1. The molecular formula is C19H24N4O2. The Bertz CT molecular complexity index is 715. The zero-order valence-corrected chi connectivity index (χ0v) is 14.4. The number of fused-ring (bicyclic) bond motifs is 1. The van der Waals surface area contributed by atoms with E-state index in [4.69, 9.17) is 4.52 Å². The first-order valence-electron chi connectivity index (χ1n) is 9.19. The van der Waals surface area contributed by atoms with Gasteiger partial charge in [0.2, 0.25) is 17.6 Å². The molecule has 0 spiro atoms. The molecule has 6 nitrogen and oxygen atoms in total. The van der Waals surface area contributed by atoms with Crippen molar-refractivity contribution in [2.24, 2.45) is 0 Å². The molecule has 1 aromatic carbocycles. The molecule has 0 N–H and O–H groups in total. The van der Waals surface area contributed by atoms with Crippen LogP contribution >= 0.6 is 0 Å². The Morgan fingerprint density at radius 1 is 1.16 bits per heavy atom. The highest BCUT2D eigenvalue weighted by Crippen LogP contribution is 2.22. The number of nitrogens with zero attached hydrogens (tertiary/aromatic N) is 4. The number of carbonyl (C=O) groups excluding carboxylic acids is 1. The van der Waals surface area contributed by atoms with Gasteiger partial charge < -0.3 is 9.42 Å². The van der Waals surface area contributed by atoms with Gasteiger partial charge in [-0.3, -0.25) is 9.69 Å². The largest absolute Gasteiger partial charge is 0.340 e. The number of hydrogen-bond donors (Lipinski definition) is 0. The Balaban J connectivity index is 1.31. The van der Waals surface area contributed by atoms with Crippen LogP contribution in [0.1, 0.15) is 31.6 Å². The molecule has 1 amide bonds. The van der Waals surface area contributed by atoms with Crippen molar-refractivity contribution in [2.75, 3.05) is 26.2 Å². The van der Waals surface area contributed by atoms with E-state index in [1.165, 1.54) is 25.8 Å². The topological polar surface area (TPSA) is 62.5 Å². The summed E-state index contributed by atoms with van der Waals surface area (Å²) in [6.45, 7) is 3.92. The highest BCUT2D eigenvalue weighted by molar-refractivity contribution is 5.76. The molecular weight excluding hydrogens is 316 g/mol. The third kappa shape index (κ3) is 3.74. The van der Waals surface area contributed by atoms with Gasteiger partial charge in [0.1, 0.15) is 0 Å². The number of aryl methyl sites for hydroxylation is 1. The Morgan fingerprint density at radius 3 is 2.92 bits per heavy atom. The summed E-state index contributed by atoms with van der Waals surface area (Å²) in [5.41, 5.74) is 0.928. The van der Waals surface area contributed by atoms with E-state index in [0.29, 0.717) is 30.6 Å². The van der Waals surface area contributed by atoms with Crippen LogP contribution in [-0.2, 0) is 11.2 Å². The van der Waals surface area contributed by atoms with Gasteiger partial charge in [-0.15, -0.1) is 0 Å². The van der Waals surface area contributed by atoms with Crippen LogP contribution in [-0.4, -0.2) is 58.1 Å². The number of piperidine rings is 1. The molecule has 0 radical (unpaired) electrons. The van der Waals surface area contributed by atoms with Crippen LogP contribution in [0.3, 0.4) is 0 Å². The molecule has 25 heavy (non-hydrogen) atoms. The Kier molecular flexibility index (Phi) is 4.78. The number of benzene rings is 1. The van der Waals surface area contributed by atoms with Gasteiger partial charge in [-0.05, 0) is 19.4 Å². The fraction of sp³-hybridized carbons (Fsp3) is 0.526. The number of piperazine rings is 1. The molecule has 1 atom stereocenters. The van der Waals surface area contributed by atoms with Crippen LogP contribution < -0.4 is 0 Å². The molecule has 2 aliphatic heterocycles. The van der Waals surface area contributed by atoms with Crippen LogP contribution in [0.2, 0.25) is 0 Å². The number of hydrogen-bond acceptors (Lipinski definition) is 5. The maximum atomic E-state index is 12.5. The zero-order valence-electron chi connectivity index (χ0n) is 14.4. The average molecular weight is 340 g/mol. The molecule has 3 heterocycles. The maximum absolute atomic E-state index is 12.5. The Hall–Kier alpha value is -2.21. The fourth-order valence-corrected chi connectivity index (χ4v) is 3.82. The summed E-state index contributed by atoms with van der Waals surface area (Å²) in [6, 6.07) is 10.3. The van der Waals surface area contributed by atoms with Gasteiger partial charge in [-0.2, -0.15) is 4.98 Å². The summed E-state index contributed by atoms with van der Waals surface area (Å²) < 4.78 is 5.30. The van der Waals surface area contributed by atoms with Gasteiger partial charge in [0.25, 0.3) is 0 Å². The van der Waals surface area contributed by atoms with Crippen LogP contribution in [0, 0.1) is 0 Å². The lowest BCUT2D eigenvalue weighted by Gasteiger charge is -2.44. The lowest BCUT2D eigenvalue weighted by molar-refractivity contribution is -0.134. The molecule has 6 heteroatoms. The van der Waals surface area contributed by atoms with Crippen LogP contribution in [0.25, 0.3) is 11.4 Å². The van der Waals surface area contributed by atoms with Crippen molar-refractivity contribution >= 4 is 5.91 Å². The van der Waals surface area contributed by atoms with Crippen molar-refractivity contribution in [1.82, 2.24) is 19.9 Å². The number of amides is 1. The molecule has 0 saturated carbocycles. The van der Waals surface area contributed by atoms with E-state index < -0.39 is 0 Å². The molecule has 0 aliphatic carbocycles. The van der Waals surface area contributed by atoms with Gasteiger partial charge in [0.05, 0.1) is 0 Å². The Labute approximate surface area is 147 Å². The van der Waals surface area contributed by atoms with Gasteiger partial charge in [-0.25, -0.2) is 0 Å². The first-order valence-corrected chi connectivity index (χ1v) is 9.19. The van der Waals surface area contributed by atoms with Crippen molar-refractivity contribution < 1.29 is 9.32 Å². The summed E-state index contributed by atoms with van der Waals surface area (Å²) in [5, 5.41) is 4.01. The quantitative estimate of drug-likeness (QED) is 0.855. The first kappa shape index (κ1) is 16.3. The van der Waals surface area contributed by atoms with Crippen molar-refractivity contribution in [3.63, 3.8) is 0 Å². The number of carbonyl (C=O) groups is 1. The van der Waals surface area contributed by atoms with E-state index in [2.05, 4.69) is 15.0 Å². The molecule has 4 rings (SSSR count). The molecule has 1 aromatic heterocycles. The van der Waals surface area contributed by atoms with Gasteiger partial charge in [0.15, 0.2) is 0 Å². The summed E-state index contributed by atoms with van der Waals surface area (Å²) in [6.07, 6.45) is 4.74. The second-order valence-corrected chi connectivity index (χ2v) is 6.90.